The molecule has 5 heteroatoms. The molecular formula is C10H13NO3S. The van der Waals surface area contributed by atoms with Crippen LogP contribution in [0.15, 0.2) is 23.4 Å². The third-order valence-electron chi connectivity index (χ3n) is 1.76. The van der Waals surface area contributed by atoms with Gasteiger partial charge in [0, 0.05) is 36.8 Å². The van der Waals surface area contributed by atoms with Crippen molar-refractivity contribution in [3.8, 4) is 0 Å². The minimum atomic E-state index is -0.933. The number of nitrogens with zero attached hydrogens (tertiary/aromatic N) is 1. The van der Waals surface area contributed by atoms with Gasteiger partial charge >= 0.3 is 5.97 Å². The van der Waals surface area contributed by atoms with Crippen molar-refractivity contribution in [2.45, 2.75) is 11.3 Å². The molecule has 15 heavy (non-hydrogen) atoms. The number of carboxylic acid groups (broad SMARTS) is 1. The van der Waals surface area contributed by atoms with E-state index in [9.17, 15) is 4.79 Å². The smallest absolute Gasteiger partial charge is 0.338 e. The zero-order valence-electron chi connectivity index (χ0n) is 8.47. The summed E-state index contributed by atoms with van der Waals surface area (Å²) in [5.74, 6) is -0.0876. The van der Waals surface area contributed by atoms with Gasteiger partial charge in [-0.3, -0.25) is 4.98 Å². The van der Waals surface area contributed by atoms with Crippen molar-refractivity contribution in [1.82, 2.24) is 4.98 Å². The van der Waals surface area contributed by atoms with E-state index in [1.165, 1.54) is 18.0 Å². The Kier molecular flexibility index (Phi) is 5.14. The molecule has 1 aromatic heterocycles. The molecule has 0 saturated heterocycles. The largest absolute Gasteiger partial charge is 0.478 e. The Morgan fingerprint density at radius 2 is 2.47 bits per heavy atom. The van der Waals surface area contributed by atoms with Crippen LogP contribution < -0.4 is 0 Å². The Labute approximate surface area is 92.7 Å². The summed E-state index contributed by atoms with van der Waals surface area (Å²) in [6.07, 6.45) is 3.88. The van der Waals surface area contributed by atoms with Crippen LogP contribution >= 0.6 is 11.8 Å². The van der Waals surface area contributed by atoms with Crippen molar-refractivity contribution < 1.29 is 14.6 Å². The van der Waals surface area contributed by atoms with Gasteiger partial charge in [-0.25, -0.2) is 4.79 Å². The molecule has 82 valence electrons. The number of aromatic carboxylic acids is 1. The normalized spacial score (nSPS) is 10.2. The zero-order chi connectivity index (χ0) is 11.1. The molecule has 0 saturated carbocycles. The lowest BCUT2D eigenvalue weighted by molar-refractivity contribution is 0.0692. The summed E-state index contributed by atoms with van der Waals surface area (Å²) >= 11 is 1.51. The van der Waals surface area contributed by atoms with E-state index in [0.717, 1.165) is 17.1 Å². The predicted octanol–water partition coefficient (Wildman–Crippen LogP) is 1.91. The number of pyridine rings is 1. The highest BCUT2D eigenvalue weighted by Gasteiger charge is 2.09. The topological polar surface area (TPSA) is 59.4 Å². The Morgan fingerprint density at radius 1 is 1.67 bits per heavy atom. The molecule has 0 aliphatic rings. The third kappa shape index (κ3) is 3.89. The molecule has 0 radical (unpaired) electrons. The Hall–Kier alpha value is -1.07. The van der Waals surface area contributed by atoms with Gasteiger partial charge in [-0.2, -0.15) is 0 Å². The van der Waals surface area contributed by atoms with Crippen molar-refractivity contribution in [2.24, 2.45) is 0 Å². The van der Waals surface area contributed by atoms with Gasteiger partial charge in [-0.05, 0) is 12.5 Å². The molecule has 4 nitrogen and oxygen atoms in total. The lowest BCUT2D eigenvalue weighted by atomic mass is 10.3. The van der Waals surface area contributed by atoms with E-state index in [0.29, 0.717) is 6.61 Å². The summed E-state index contributed by atoms with van der Waals surface area (Å²) in [7, 11) is 1.65. The quantitative estimate of drug-likeness (QED) is 0.594. The van der Waals surface area contributed by atoms with E-state index in [1.807, 2.05) is 0 Å². The van der Waals surface area contributed by atoms with E-state index in [2.05, 4.69) is 4.98 Å². The number of carbonyl (C=O) groups is 1. The average Bonchev–Trinajstić information content (AvgIpc) is 2.25. The summed E-state index contributed by atoms with van der Waals surface area (Å²) < 4.78 is 4.92. The van der Waals surface area contributed by atoms with Gasteiger partial charge in [0.05, 0.1) is 5.56 Å². The Morgan fingerprint density at radius 3 is 3.13 bits per heavy atom. The number of hydrogen-bond acceptors (Lipinski definition) is 4. The summed E-state index contributed by atoms with van der Waals surface area (Å²) in [5, 5.41) is 8.89. The van der Waals surface area contributed by atoms with Crippen molar-refractivity contribution >= 4 is 17.7 Å². The molecule has 0 bridgehead atoms. The molecule has 1 heterocycles. The molecule has 0 unspecified atom stereocenters. The van der Waals surface area contributed by atoms with E-state index >= 15 is 0 Å². The van der Waals surface area contributed by atoms with Crippen LogP contribution in [0.2, 0.25) is 0 Å². The highest BCUT2D eigenvalue weighted by molar-refractivity contribution is 7.99. The molecule has 0 spiro atoms. The number of methoxy groups -OCH3 is 1. The van der Waals surface area contributed by atoms with Crippen LogP contribution in [0.3, 0.4) is 0 Å². The lowest BCUT2D eigenvalue weighted by Crippen LogP contribution is -2.00. The number of thioether (sulfide) groups is 1. The summed E-state index contributed by atoms with van der Waals surface area (Å²) in [5.41, 5.74) is 0.264. The second kappa shape index (κ2) is 6.42. The third-order valence-corrected chi connectivity index (χ3v) is 2.92. The molecule has 0 amide bonds. The first-order chi connectivity index (χ1) is 7.25. The average molecular weight is 227 g/mol. The highest BCUT2D eigenvalue weighted by Crippen LogP contribution is 2.22. The molecule has 0 atom stereocenters. The van der Waals surface area contributed by atoms with Gasteiger partial charge < -0.3 is 9.84 Å². The molecule has 1 aromatic rings. The van der Waals surface area contributed by atoms with Gasteiger partial charge in [0.2, 0.25) is 0 Å². The molecule has 0 aromatic carbocycles. The SMILES string of the molecule is COCCCSc1ccncc1C(=O)O. The van der Waals surface area contributed by atoms with Crippen molar-refractivity contribution in [3.05, 3.63) is 24.0 Å². The minimum Gasteiger partial charge on any atom is -0.478 e. The van der Waals surface area contributed by atoms with E-state index < -0.39 is 5.97 Å². The van der Waals surface area contributed by atoms with E-state index in [-0.39, 0.29) is 5.56 Å². The first-order valence-electron chi connectivity index (χ1n) is 4.54. The zero-order valence-corrected chi connectivity index (χ0v) is 9.29. The fourth-order valence-electron chi connectivity index (χ4n) is 1.05. The van der Waals surface area contributed by atoms with Crippen LogP contribution in [0.25, 0.3) is 0 Å². The van der Waals surface area contributed by atoms with Crippen molar-refractivity contribution in [3.63, 3.8) is 0 Å². The highest BCUT2D eigenvalue weighted by atomic mass is 32.2. The summed E-state index contributed by atoms with van der Waals surface area (Å²) in [6, 6.07) is 1.72. The molecular weight excluding hydrogens is 214 g/mol. The molecule has 0 fully saturated rings. The monoisotopic (exact) mass is 227 g/mol. The van der Waals surface area contributed by atoms with Gasteiger partial charge in [0.1, 0.15) is 0 Å². The molecule has 0 aliphatic carbocycles. The van der Waals surface area contributed by atoms with Crippen molar-refractivity contribution in [2.75, 3.05) is 19.5 Å². The second-order valence-electron chi connectivity index (χ2n) is 2.87. The minimum absolute atomic E-state index is 0.264. The fourth-order valence-corrected chi connectivity index (χ4v) is 1.99. The fraction of sp³-hybridized carbons (Fsp3) is 0.400. The standard InChI is InChI=1S/C10H13NO3S/c1-14-5-2-6-15-9-3-4-11-7-8(9)10(12)13/h3-4,7H,2,5-6H2,1H3,(H,12,13). The van der Waals surface area contributed by atoms with E-state index in [4.69, 9.17) is 9.84 Å². The van der Waals surface area contributed by atoms with Gasteiger partial charge in [0.15, 0.2) is 0 Å². The lowest BCUT2D eigenvalue weighted by Gasteiger charge is -2.04. The van der Waals surface area contributed by atoms with Crippen LogP contribution in [0.1, 0.15) is 16.8 Å². The van der Waals surface area contributed by atoms with Gasteiger partial charge in [-0.1, -0.05) is 0 Å². The second-order valence-corrected chi connectivity index (χ2v) is 4.01. The first kappa shape index (κ1) is 12.0. The number of rotatable bonds is 6. The van der Waals surface area contributed by atoms with Crippen LogP contribution in [-0.4, -0.2) is 35.5 Å². The van der Waals surface area contributed by atoms with Crippen LogP contribution in [-0.2, 0) is 4.74 Å². The molecule has 1 N–H and O–H groups in total. The predicted molar refractivity (Wildman–Crippen MR) is 58.4 cm³/mol. The molecule has 0 aliphatic heterocycles. The number of carboxylic acids is 1. The van der Waals surface area contributed by atoms with Crippen LogP contribution in [0, 0.1) is 0 Å². The van der Waals surface area contributed by atoms with E-state index in [1.54, 1.807) is 19.4 Å². The Bertz CT molecular complexity index is 330. The number of aromatic nitrogens is 1. The maximum Gasteiger partial charge on any atom is 0.338 e. The maximum atomic E-state index is 10.8. The first-order valence-corrected chi connectivity index (χ1v) is 5.53. The summed E-state index contributed by atoms with van der Waals surface area (Å²) in [4.78, 5) is 15.4. The number of hydrogen-bond donors (Lipinski definition) is 1. The van der Waals surface area contributed by atoms with Crippen LogP contribution in [0.5, 0.6) is 0 Å². The van der Waals surface area contributed by atoms with Gasteiger partial charge in [0.25, 0.3) is 0 Å². The summed E-state index contributed by atoms with van der Waals surface area (Å²) in [6.45, 7) is 0.695. The number of ether oxygens (including phenoxy) is 1. The Balaban J connectivity index is 2.56. The molecule has 1 rings (SSSR count). The maximum absolute atomic E-state index is 10.8. The van der Waals surface area contributed by atoms with Crippen molar-refractivity contribution in [1.29, 1.82) is 0 Å². The van der Waals surface area contributed by atoms with Gasteiger partial charge in [-0.15, -0.1) is 11.8 Å². The van der Waals surface area contributed by atoms with Crippen LogP contribution in [0.4, 0.5) is 0 Å².